The van der Waals surface area contributed by atoms with Crippen molar-refractivity contribution in [2.24, 2.45) is 0 Å². The monoisotopic (exact) mass is 423 g/mol. The van der Waals surface area contributed by atoms with Gasteiger partial charge >= 0.3 is 0 Å². The maximum absolute atomic E-state index is 13.6. The summed E-state index contributed by atoms with van der Waals surface area (Å²) < 4.78 is 32.5. The highest BCUT2D eigenvalue weighted by Gasteiger charge is 2.27. The molecule has 160 valence electrons. The second-order valence-corrected chi connectivity index (χ2v) is 7.69. The molecule has 1 aromatic heterocycles. The maximum atomic E-state index is 13.6. The van der Waals surface area contributed by atoms with Crippen LogP contribution in [-0.4, -0.2) is 49.6 Å². The molecule has 1 amide bonds. The zero-order chi connectivity index (χ0) is 22.0. The molecule has 4 rings (SSSR count). The van der Waals surface area contributed by atoms with Crippen LogP contribution in [0.5, 0.6) is 0 Å². The number of ether oxygens (including phenoxy) is 1. The average molecular weight is 423 g/mol. The van der Waals surface area contributed by atoms with E-state index in [1.807, 2.05) is 49.3 Å². The first-order valence-corrected chi connectivity index (χ1v) is 10.0. The Morgan fingerprint density at radius 2 is 1.81 bits per heavy atom. The Morgan fingerprint density at radius 1 is 1.03 bits per heavy atom. The van der Waals surface area contributed by atoms with Crippen molar-refractivity contribution in [1.82, 2.24) is 9.88 Å². The molecule has 2 heterocycles. The van der Waals surface area contributed by atoms with Gasteiger partial charge in [0.25, 0.3) is 5.91 Å². The third kappa shape index (κ3) is 4.56. The summed E-state index contributed by atoms with van der Waals surface area (Å²) in [7, 11) is 3.96. The first-order valence-electron chi connectivity index (χ1n) is 10.0. The second-order valence-electron chi connectivity index (χ2n) is 7.69. The molecule has 7 heteroatoms. The summed E-state index contributed by atoms with van der Waals surface area (Å²) in [6.45, 7) is 0.987. The number of rotatable bonds is 4. The molecule has 2 aromatic carbocycles. The molecule has 5 nitrogen and oxygen atoms in total. The standard InChI is InChI=1S/C24H23F2N3O2/c1-28(2)20-6-3-16(4-7-20)18-11-19(14-27-13-18)24(30)29-9-10-31-23(15-29)17-5-8-21(25)22(26)12-17/h3-8,11-14,23H,9-10,15H2,1-2H3. The third-order valence-corrected chi connectivity index (χ3v) is 5.37. The summed E-state index contributed by atoms with van der Waals surface area (Å²) in [5.74, 6) is -2.01. The summed E-state index contributed by atoms with van der Waals surface area (Å²) in [4.78, 5) is 21.0. The van der Waals surface area contributed by atoms with Gasteiger partial charge in [0.05, 0.1) is 18.7 Å². The summed E-state index contributed by atoms with van der Waals surface area (Å²) in [5, 5.41) is 0. The van der Waals surface area contributed by atoms with Crippen LogP contribution in [0.25, 0.3) is 11.1 Å². The van der Waals surface area contributed by atoms with Crippen molar-refractivity contribution in [3.8, 4) is 11.1 Å². The number of hydrogen-bond acceptors (Lipinski definition) is 4. The predicted molar refractivity (Wildman–Crippen MR) is 115 cm³/mol. The van der Waals surface area contributed by atoms with E-state index in [0.29, 0.717) is 24.3 Å². The molecular formula is C24H23F2N3O2. The number of benzene rings is 2. The van der Waals surface area contributed by atoms with Crippen LogP contribution in [0.15, 0.2) is 60.9 Å². The fourth-order valence-corrected chi connectivity index (χ4v) is 3.60. The van der Waals surface area contributed by atoms with E-state index < -0.39 is 17.7 Å². The fraction of sp³-hybridized carbons (Fsp3) is 0.250. The Kier molecular flexibility index (Phi) is 5.95. The van der Waals surface area contributed by atoms with Gasteiger partial charge in [-0.1, -0.05) is 18.2 Å². The lowest BCUT2D eigenvalue weighted by Gasteiger charge is -2.33. The first kappa shape index (κ1) is 20.9. The Labute approximate surface area is 179 Å². The van der Waals surface area contributed by atoms with Gasteiger partial charge in [0.2, 0.25) is 0 Å². The minimum Gasteiger partial charge on any atom is -0.378 e. The van der Waals surface area contributed by atoms with Gasteiger partial charge in [-0.2, -0.15) is 0 Å². The van der Waals surface area contributed by atoms with Gasteiger partial charge in [0, 0.05) is 44.3 Å². The molecule has 31 heavy (non-hydrogen) atoms. The lowest BCUT2D eigenvalue weighted by Crippen LogP contribution is -2.42. The largest absolute Gasteiger partial charge is 0.378 e. The van der Waals surface area contributed by atoms with Gasteiger partial charge in [0.1, 0.15) is 6.10 Å². The molecular weight excluding hydrogens is 400 g/mol. The van der Waals surface area contributed by atoms with Crippen LogP contribution < -0.4 is 4.90 Å². The quantitative estimate of drug-likeness (QED) is 0.628. The Morgan fingerprint density at radius 3 is 2.52 bits per heavy atom. The van der Waals surface area contributed by atoms with Crippen LogP contribution in [0, 0.1) is 11.6 Å². The highest BCUT2D eigenvalue weighted by atomic mass is 19.2. The normalized spacial score (nSPS) is 16.3. The van der Waals surface area contributed by atoms with Crippen molar-refractivity contribution >= 4 is 11.6 Å². The van der Waals surface area contributed by atoms with E-state index in [2.05, 4.69) is 4.98 Å². The van der Waals surface area contributed by atoms with Crippen LogP contribution in [-0.2, 0) is 4.74 Å². The van der Waals surface area contributed by atoms with Gasteiger partial charge in [0.15, 0.2) is 11.6 Å². The smallest absolute Gasteiger partial charge is 0.255 e. The van der Waals surface area contributed by atoms with E-state index in [0.717, 1.165) is 28.9 Å². The second kappa shape index (κ2) is 8.81. The van der Waals surface area contributed by atoms with Crippen molar-refractivity contribution in [2.75, 3.05) is 38.7 Å². The van der Waals surface area contributed by atoms with Gasteiger partial charge in [-0.15, -0.1) is 0 Å². The molecule has 0 spiro atoms. The van der Waals surface area contributed by atoms with Gasteiger partial charge in [-0.05, 0) is 41.5 Å². The zero-order valence-electron chi connectivity index (χ0n) is 17.4. The Bertz CT molecular complexity index is 1090. The molecule has 1 unspecified atom stereocenters. The number of aromatic nitrogens is 1. The summed E-state index contributed by atoms with van der Waals surface area (Å²) in [6, 6.07) is 13.5. The number of hydrogen-bond donors (Lipinski definition) is 0. The number of pyridine rings is 1. The summed E-state index contributed by atoms with van der Waals surface area (Å²) >= 11 is 0. The Balaban J connectivity index is 1.52. The molecule has 1 fully saturated rings. The summed E-state index contributed by atoms with van der Waals surface area (Å²) in [5.41, 5.74) is 3.88. The lowest BCUT2D eigenvalue weighted by atomic mass is 10.0. The molecule has 0 bridgehead atoms. The molecule has 0 N–H and O–H groups in total. The highest BCUT2D eigenvalue weighted by Crippen LogP contribution is 2.26. The van der Waals surface area contributed by atoms with E-state index in [1.54, 1.807) is 17.3 Å². The number of nitrogens with zero attached hydrogens (tertiary/aromatic N) is 3. The van der Waals surface area contributed by atoms with Gasteiger partial charge < -0.3 is 14.5 Å². The van der Waals surface area contributed by atoms with E-state index in [1.165, 1.54) is 6.07 Å². The minimum atomic E-state index is -0.929. The maximum Gasteiger partial charge on any atom is 0.255 e. The number of morpholine rings is 1. The van der Waals surface area contributed by atoms with Gasteiger partial charge in [-0.25, -0.2) is 8.78 Å². The summed E-state index contributed by atoms with van der Waals surface area (Å²) in [6.07, 6.45) is 2.76. The number of anilines is 1. The van der Waals surface area contributed by atoms with Crippen molar-refractivity contribution in [3.05, 3.63) is 83.7 Å². The highest BCUT2D eigenvalue weighted by molar-refractivity contribution is 5.95. The molecule has 1 aliphatic heterocycles. The van der Waals surface area contributed by atoms with Gasteiger partial charge in [-0.3, -0.25) is 9.78 Å². The van der Waals surface area contributed by atoms with Crippen molar-refractivity contribution in [3.63, 3.8) is 0 Å². The molecule has 1 aliphatic rings. The zero-order valence-corrected chi connectivity index (χ0v) is 17.4. The molecule has 0 aliphatic carbocycles. The SMILES string of the molecule is CN(C)c1ccc(-c2cncc(C(=O)N3CCOC(c4ccc(F)c(F)c4)C3)c2)cc1. The Hall–Kier alpha value is -3.32. The first-order chi connectivity index (χ1) is 14.9. The van der Waals surface area contributed by atoms with Crippen molar-refractivity contribution < 1.29 is 18.3 Å². The molecule has 0 radical (unpaired) electrons. The molecule has 0 saturated carbocycles. The molecule has 1 saturated heterocycles. The van der Waals surface area contributed by atoms with Crippen LogP contribution >= 0.6 is 0 Å². The molecule has 3 aromatic rings. The van der Waals surface area contributed by atoms with Crippen LogP contribution in [0.3, 0.4) is 0 Å². The number of amides is 1. The van der Waals surface area contributed by atoms with Crippen molar-refractivity contribution in [2.45, 2.75) is 6.10 Å². The fourth-order valence-electron chi connectivity index (χ4n) is 3.60. The topological polar surface area (TPSA) is 45.7 Å². The van der Waals surface area contributed by atoms with Crippen molar-refractivity contribution in [1.29, 1.82) is 0 Å². The number of carbonyl (C=O) groups excluding carboxylic acids is 1. The van der Waals surface area contributed by atoms with Crippen LogP contribution in [0.4, 0.5) is 14.5 Å². The third-order valence-electron chi connectivity index (χ3n) is 5.37. The minimum absolute atomic E-state index is 0.171. The van der Waals surface area contributed by atoms with Crippen LogP contribution in [0.2, 0.25) is 0 Å². The van der Waals surface area contributed by atoms with E-state index in [9.17, 15) is 13.6 Å². The number of halogens is 2. The predicted octanol–water partition coefficient (Wildman–Crippen LogP) is 4.31. The van der Waals surface area contributed by atoms with E-state index >= 15 is 0 Å². The average Bonchev–Trinajstić information content (AvgIpc) is 2.80. The van der Waals surface area contributed by atoms with E-state index in [-0.39, 0.29) is 12.5 Å². The van der Waals surface area contributed by atoms with E-state index in [4.69, 9.17) is 4.74 Å². The van der Waals surface area contributed by atoms with Crippen LogP contribution in [0.1, 0.15) is 22.0 Å². The lowest BCUT2D eigenvalue weighted by molar-refractivity contribution is -0.0229. The number of carbonyl (C=O) groups is 1. The molecule has 1 atom stereocenters.